The molecular weight excluding hydrogens is 374 g/mol. The van der Waals surface area contributed by atoms with Gasteiger partial charge < -0.3 is 26.6 Å². The highest BCUT2D eigenvalue weighted by molar-refractivity contribution is 6.06. The summed E-state index contributed by atoms with van der Waals surface area (Å²) in [7, 11) is 0. The number of nitrogens with one attached hydrogen (secondary N) is 2. The molecule has 0 fully saturated rings. The molecule has 2 aromatic rings. The van der Waals surface area contributed by atoms with E-state index >= 15 is 0 Å². The molecular formula is C20H31N5O4. The van der Waals surface area contributed by atoms with Crippen molar-refractivity contribution in [3.05, 3.63) is 30.0 Å². The van der Waals surface area contributed by atoms with Gasteiger partial charge in [0, 0.05) is 11.9 Å². The van der Waals surface area contributed by atoms with Gasteiger partial charge in [0.15, 0.2) is 5.69 Å². The van der Waals surface area contributed by atoms with Gasteiger partial charge in [-0.25, -0.2) is 0 Å². The summed E-state index contributed by atoms with van der Waals surface area (Å²) < 4.78 is 1.75. The van der Waals surface area contributed by atoms with Crippen molar-refractivity contribution in [2.75, 3.05) is 19.8 Å². The third-order valence-corrected chi connectivity index (χ3v) is 4.64. The Morgan fingerprint density at radius 3 is 2.41 bits per heavy atom. The van der Waals surface area contributed by atoms with E-state index in [1.54, 1.807) is 4.68 Å². The topological polar surface area (TPSA) is 142 Å². The highest BCUT2D eigenvalue weighted by Gasteiger charge is 2.34. The van der Waals surface area contributed by atoms with Crippen molar-refractivity contribution in [1.29, 1.82) is 0 Å². The lowest BCUT2D eigenvalue weighted by atomic mass is 9.85. The monoisotopic (exact) mass is 405 g/mol. The first-order valence-corrected chi connectivity index (χ1v) is 9.71. The van der Waals surface area contributed by atoms with E-state index < -0.39 is 42.5 Å². The predicted octanol–water partition coefficient (Wildman–Crippen LogP) is -0.001000. The number of rotatable bonds is 9. The number of aryl methyl sites for hydroxylation is 1. The molecule has 1 heterocycles. The number of nitrogens with two attached hydrogens (primary N) is 1. The smallest absolute Gasteiger partial charge is 0.273 e. The molecule has 2 amide bonds. The van der Waals surface area contributed by atoms with Gasteiger partial charge in [-0.2, -0.15) is 5.10 Å². The lowest BCUT2D eigenvalue weighted by molar-refractivity contribution is -0.126. The summed E-state index contributed by atoms with van der Waals surface area (Å²) >= 11 is 0. The normalized spacial score (nSPS) is 12.9. The highest BCUT2D eigenvalue weighted by Crippen LogP contribution is 2.22. The molecule has 1 aromatic carbocycles. The van der Waals surface area contributed by atoms with Gasteiger partial charge in [0.05, 0.1) is 24.8 Å². The molecule has 2 rings (SSSR count). The number of aromatic nitrogens is 2. The average molecular weight is 405 g/mol. The van der Waals surface area contributed by atoms with Gasteiger partial charge in [-0.05, 0) is 24.4 Å². The number of carbonyl (C=O) groups excluding carboxylic acids is 2. The minimum atomic E-state index is -0.886. The molecule has 29 heavy (non-hydrogen) atoms. The van der Waals surface area contributed by atoms with Gasteiger partial charge in [0.2, 0.25) is 5.91 Å². The summed E-state index contributed by atoms with van der Waals surface area (Å²) in [5.41, 5.74) is 6.05. The SMILES string of the molecule is CC(C)(C)[C@H](NC(=O)c1nn(CCCN)c2ccccc12)C(=O)NC(CO)CO. The van der Waals surface area contributed by atoms with Crippen molar-refractivity contribution in [2.45, 2.75) is 45.8 Å². The van der Waals surface area contributed by atoms with E-state index in [0.29, 0.717) is 18.5 Å². The summed E-state index contributed by atoms with van der Waals surface area (Å²) in [5, 5.41) is 28.9. The number of benzene rings is 1. The number of fused-ring (bicyclic) bond motifs is 1. The number of aliphatic hydroxyl groups is 2. The second-order valence-corrected chi connectivity index (χ2v) is 8.07. The third-order valence-electron chi connectivity index (χ3n) is 4.64. The van der Waals surface area contributed by atoms with Crippen LogP contribution in [0.2, 0.25) is 0 Å². The van der Waals surface area contributed by atoms with E-state index in [1.165, 1.54) is 0 Å². The maximum absolute atomic E-state index is 13.0. The van der Waals surface area contributed by atoms with Gasteiger partial charge in [0.25, 0.3) is 5.91 Å². The fraction of sp³-hybridized carbons (Fsp3) is 0.550. The lowest BCUT2D eigenvalue weighted by Crippen LogP contribution is -2.56. The maximum atomic E-state index is 13.0. The van der Waals surface area contributed by atoms with Crippen molar-refractivity contribution in [3.8, 4) is 0 Å². The molecule has 0 saturated carbocycles. The number of hydrogen-bond acceptors (Lipinski definition) is 6. The fourth-order valence-corrected chi connectivity index (χ4v) is 3.01. The number of hydrogen-bond donors (Lipinski definition) is 5. The molecule has 0 radical (unpaired) electrons. The van der Waals surface area contributed by atoms with Gasteiger partial charge in [0.1, 0.15) is 6.04 Å². The van der Waals surface area contributed by atoms with Crippen molar-refractivity contribution >= 4 is 22.7 Å². The van der Waals surface area contributed by atoms with Crippen molar-refractivity contribution in [3.63, 3.8) is 0 Å². The fourth-order valence-electron chi connectivity index (χ4n) is 3.01. The van der Waals surface area contributed by atoms with Crippen LogP contribution in [0.4, 0.5) is 0 Å². The van der Waals surface area contributed by atoms with Crippen LogP contribution in [-0.4, -0.2) is 63.7 Å². The average Bonchev–Trinajstić information content (AvgIpc) is 3.06. The van der Waals surface area contributed by atoms with Gasteiger partial charge in [-0.15, -0.1) is 0 Å². The first-order chi connectivity index (χ1) is 13.7. The van der Waals surface area contributed by atoms with Crippen LogP contribution >= 0.6 is 0 Å². The number of carbonyl (C=O) groups is 2. The van der Waals surface area contributed by atoms with E-state index in [9.17, 15) is 19.8 Å². The molecule has 6 N–H and O–H groups in total. The summed E-state index contributed by atoms with van der Waals surface area (Å²) in [4.78, 5) is 25.7. The minimum Gasteiger partial charge on any atom is -0.394 e. The molecule has 0 bridgehead atoms. The molecule has 160 valence electrons. The van der Waals surface area contributed by atoms with Crippen LogP contribution in [0, 0.1) is 5.41 Å². The van der Waals surface area contributed by atoms with E-state index in [4.69, 9.17) is 5.73 Å². The number of nitrogens with zero attached hydrogens (tertiary/aromatic N) is 2. The minimum absolute atomic E-state index is 0.237. The van der Waals surface area contributed by atoms with E-state index in [-0.39, 0.29) is 5.69 Å². The van der Waals surface area contributed by atoms with Crippen LogP contribution in [0.1, 0.15) is 37.7 Å². The molecule has 0 aliphatic heterocycles. The molecule has 0 spiro atoms. The summed E-state index contributed by atoms with van der Waals surface area (Å²) in [6.07, 6.45) is 0.726. The molecule has 1 atom stereocenters. The Kier molecular flexibility index (Phi) is 7.72. The molecule has 0 aliphatic rings. The van der Waals surface area contributed by atoms with Crippen LogP contribution < -0.4 is 16.4 Å². The maximum Gasteiger partial charge on any atom is 0.273 e. The Morgan fingerprint density at radius 1 is 1.17 bits per heavy atom. The van der Waals surface area contributed by atoms with Gasteiger partial charge in [-0.3, -0.25) is 14.3 Å². The summed E-state index contributed by atoms with van der Waals surface area (Å²) in [6, 6.07) is 5.73. The van der Waals surface area contributed by atoms with Crippen LogP contribution in [0.25, 0.3) is 10.9 Å². The van der Waals surface area contributed by atoms with E-state index in [0.717, 1.165) is 11.9 Å². The Labute approximate surface area is 170 Å². The van der Waals surface area contributed by atoms with Crippen LogP contribution in [0.15, 0.2) is 24.3 Å². The Bertz CT molecular complexity index is 839. The van der Waals surface area contributed by atoms with Gasteiger partial charge >= 0.3 is 0 Å². The zero-order chi connectivity index (χ0) is 21.6. The third kappa shape index (κ3) is 5.53. The number of aliphatic hydroxyl groups excluding tert-OH is 2. The standard InChI is InChI=1S/C20H31N5O4/c1-20(2,3)17(19(29)22-13(11-26)12-27)23-18(28)16-14-7-4-5-8-15(14)25(24-16)10-6-9-21/h4-5,7-8,13,17,26-27H,6,9-12,21H2,1-3H3,(H,22,29)(H,23,28)/t17-/m1/s1. The number of para-hydroxylation sites is 1. The second kappa shape index (κ2) is 9.82. The largest absolute Gasteiger partial charge is 0.394 e. The summed E-state index contributed by atoms with van der Waals surface area (Å²) in [6.45, 7) is 5.76. The number of amides is 2. The molecule has 9 heteroatoms. The van der Waals surface area contributed by atoms with Crippen LogP contribution in [0.3, 0.4) is 0 Å². The van der Waals surface area contributed by atoms with E-state index in [1.807, 2.05) is 45.0 Å². The highest BCUT2D eigenvalue weighted by atomic mass is 16.3. The van der Waals surface area contributed by atoms with Crippen LogP contribution in [0.5, 0.6) is 0 Å². The van der Waals surface area contributed by atoms with Crippen LogP contribution in [-0.2, 0) is 11.3 Å². The second-order valence-electron chi connectivity index (χ2n) is 8.07. The molecule has 0 aliphatic carbocycles. The molecule has 0 saturated heterocycles. The quantitative estimate of drug-likeness (QED) is 0.397. The van der Waals surface area contributed by atoms with E-state index in [2.05, 4.69) is 15.7 Å². The van der Waals surface area contributed by atoms with Crippen molar-refractivity contribution in [1.82, 2.24) is 20.4 Å². The Hall–Kier alpha value is -2.49. The zero-order valence-corrected chi connectivity index (χ0v) is 17.2. The first-order valence-electron chi connectivity index (χ1n) is 9.71. The van der Waals surface area contributed by atoms with Crippen molar-refractivity contribution in [2.24, 2.45) is 11.1 Å². The molecule has 0 unspecified atom stereocenters. The van der Waals surface area contributed by atoms with Crippen molar-refractivity contribution < 1.29 is 19.8 Å². The molecule has 1 aromatic heterocycles. The Morgan fingerprint density at radius 2 is 1.83 bits per heavy atom. The lowest BCUT2D eigenvalue weighted by Gasteiger charge is -2.31. The zero-order valence-electron chi connectivity index (χ0n) is 17.2. The van der Waals surface area contributed by atoms with Gasteiger partial charge in [-0.1, -0.05) is 39.0 Å². The Balaban J connectivity index is 2.31. The molecule has 9 nitrogen and oxygen atoms in total. The predicted molar refractivity (Wildman–Crippen MR) is 110 cm³/mol. The first kappa shape index (κ1) is 22.8. The summed E-state index contributed by atoms with van der Waals surface area (Å²) in [5.74, 6) is -0.946.